The van der Waals surface area contributed by atoms with Gasteiger partial charge in [0, 0.05) is 37.7 Å². The van der Waals surface area contributed by atoms with Crippen LogP contribution in [0, 0.1) is 0 Å². The molecule has 0 bridgehead atoms. The second kappa shape index (κ2) is 7.02. The van der Waals surface area contributed by atoms with E-state index in [1.54, 1.807) is 6.92 Å². The van der Waals surface area contributed by atoms with E-state index < -0.39 is 0 Å². The minimum atomic E-state index is -0.279. The molecule has 2 aliphatic rings. The minimum absolute atomic E-state index is 0.111. The van der Waals surface area contributed by atoms with Gasteiger partial charge in [0.2, 0.25) is 0 Å². The predicted octanol–water partition coefficient (Wildman–Crippen LogP) is 1.35. The van der Waals surface area contributed by atoms with Crippen molar-refractivity contribution in [2.45, 2.75) is 44.9 Å². The van der Waals surface area contributed by atoms with Crippen LogP contribution < -0.4 is 5.32 Å². The topological polar surface area (TPSA) is 87.3 Å². The van der Waals surface area contributed by atoms with Crippen molar-refractivity contribution in [2.24, 2.45) is 0 Å². The lowest BCUT2D eigenvalue weighted by Gasteiger charge is -2.20. The number of carbonyl (C=O) groups is 2. The Morgan fingerprint density at radius 2 is 2.13 bits per heavy atom. The maximum absolute atomic E-state index is 12.2. The number of H-pyrrole nitrogens is 1. The summed E-state index contributed by atoms with van der Waals surface area (Å²) >= 11 is 0. The first-order valence-electron chi connectivity index (χ1n) is 8.43. The molecule has 0 aromatic carbocycles. The van der Waals surface area contributed by atoms with E-state index in [2.05, 4.69) is 15.5 Å². The van der Waals surface area contributed by atoms with Crippen LogP contribution in [0.4, 0.5) is 4.79 Å². The maximum atomic E-state index is 12.2. The van der Waals surface area contributed by atoms with Crippen molar-refractivity contribution in [3.63, 3.8) is 0 Å². The number of esters is 1. The molecule has 1 aromatic heterocycles. The third-order valence-electron chi connectivity index (χ3n) is 4.41. The number of aromatic nitrogens is 2. The summed E-state index contributed by atoms with van der Waals surface area (Å²) in [6.07, 6.45) is 4.33. The van der Waals surface area contributed by atoms with E-state index in [9.17, 15) is 9.59 Å². The number of hydrogen-bond donors (Lipinski definition) is 2. The smallest absolute Gasteiger partial charge is 0.317 e. The molecule has 7 nitrogen and oxygen atoms in total. The summed E-state index contributed by atoms with van der Waals surface area (Å²) in [6, 6.07) is -0.111. The van der Waals surface area contributed by atoms with Gasteiger partial charge in [-0.2, -0.15) is 5.10 Å². The standard InChI is InChI=1S/C16H24N4O3/c1-2-23-14(21)5-8-17-16(22)20-9-6-12-13(7-10-20)18-19-15(12)11-3-4-11/h11H,2-10H2,1H3,(H,17,22)(H,18,19). The largest absolute Gasteiger partial charge is 0.466 e. The number of hydrogen-bond acceptors (Lipinski definition) is 4. The van der Waals surface area contributed by atoms with E-state index in [1.807, 2.05) is 4.90 Å². The number of carbonyl (C=O) groups excluding carboxylic acids is 2. The number of nitrogens with zero attached hydrogens (tertiary/aromatic N) is 2. The second-order valence-corrected chi connectivity index (χ2v) is 6.11. The maximum Gasteiger partial charge on any atom is 0.317 e. The molecule has 23 heavy (non-hydrogen) atoms. The molecule has 2 N–H and O–H groups in total. The Morgan fingerprint density at radius 3 is 2.87 bits per heavy atom. The van der Waals surface area contributed by atoms with Crippen LogP contribution in [0.2, 0.25) is 0 Å². The molecule has 0 radical (unpaired) electrons. The zero-order chi connectivity index (χ0) is 16.2. The molecule has 1 aliphatic carbocycles. The van der Waals surface area contributed by atoms with E-state index in [4.69, 9.17) is 4.74 Å². The molecular formula is C16H24N4O3. The minimum Gasteiger partial charge on any atom is -0.466 e. The first kappa shape index (κ1) is 15.8. The Labute approximate surface area is 135 Å². The lowest BCUT2D eigenvalue weighted by Crippen LogP contribution is -2.42. The van der Waals surface area contributed by atoms with Gasteiger partial charge in [0.15, 0.2) is 0 Å². The van der Waals surface area contributed by atoms with Crippen molar-refractivity contribution in [1.82, 2.24) is 20.4 Å². The van der Waals surface area contributed by atoms with E-state index >= 15 is 0 Å². The van der Waals surface area contributed by atoms with Crippen LogP contribution in [-0.2, 0) is 22.4 Å². The summed E-state index contributed by atoms with van der Waals surface area (Å²) in [6.45, 7) is 3.82. The van der Waals surface area contributed by atoms with E-state index in [0.29, 0.717) is 32.2 Å². The van der Waals surface area contributed by atoms with Crippen LogP contribution >= 0.6 is 0 Å². The highest BCUT2D eigenvalue weighted by Gasteiger charge is 2.31. The molecule has 1 saturated carbocycles. The number of urea groups is 1. The van der Waals surface area contributed by atoms with E-state index in [0.717, 1.165) is 12.8 Å². The highest BCUT2D eigenvalue weighted by molar-refractivity contribution is 5.75. The number of amides is 2. The molecule has 0 atom stereocenters. The van der Waals surface area contributed by atoms with Gasteiger partial charge in [-0.3, -0.25) is 9.89 Å². The zero-order valence-corrected chi connectivity index (χ0v) is 13.6. The van der Waals surface area contributed by atoms with Gasteiger partial charge < -0.3 is 15.0 Å². The first-order valence-corrected chi connectivity index (χ1v) is 8.43. The van der Waals surface area contributed by atoms with Crippen molar-refractivity contribution in [3.05, 3.63) is 17.0 Å². The van der Waals surface area contributed by atoms with Crippen LogP contribution in [0.25, 0.3) is 0 Å². The van der Waals surface area contributed by atoms with Crippen molar-refractivity contribution >= 4 is 12.0 Å². The van der Waals surface area contributed by atoms with Gasteiger partial charge in [0.1, 0.15) is 0 Å². The van der Waals surface area contributed by atoms with Crippen LogP contribution in [-0.4, -0.2) is 53.3 Å². The molecule has 2 heterocycles. The van der Waals surface area contributed by atoms with Gasteiger partial charge in [-0.05, 0) is 31.7 Å². The van der Waals surface area contributed by atoms with Crippen LogP contribution in [0.5, 0.6) is 0 Å². The molecule has 1 aromatic rings. The fourth-order valence-corrected chi connectivity index (χ4v) is 3.02. The molecule has 1 fully saturated rings. The molecule has 2 amide bonds. The zero-order valence-electron chi connectivity index (χ0n) is 13.6. The summed E-state index contributed by atoms with van der Waals surface area (Å²) in [5.74, 6) is 0.346. The molecule has 0 unspecified atom stereocenters. The molecule has 1 aliphatic heterocycles. The Kier molecular flexibility index (Phi) is 4.83. The van der Waals surface area contributed by atoms with Crippen molar-refractivity contribution in [3.8, 4) is 0 Å². The number of ether oxygens (including phenoxy) is 1. The van der Waals surface area contributed by atoms with Gasteiger partial charge >= 0.3 is 12.0 Å². The molecule has 126 valence electrons. The van der Waals surface area contributed by atoms with Gasteiger partial charge in [-0.25, -0.2) is 4.79 Å². The fraction of sp³-hybridized carbons (Fsp3) is 0.688. The van der Waals surface area contributed by atoms with Crippen molar-refractivity contribution < 1.29 is 14.3 Å². The Morgan fingerprint density at radius 1 is 1.35 bits per heavy atom. The number of nitrogens with one attached hydrogen (secondary N) is 2. The molecule has 0 spiro atoms. The van der Waals surface area contributed by atoms with E-state index in [1.165, 1.54) is 29.8 Å². The summed E-state index contributed by atoms with van der Waals surface area (Å²) < 4.78 is 4.85. The normalized spacial score (nSPS) is 17.3. The van der Waals surface area contributed by atoms with Crippen LogP contribution in [0.15, 0.2) is 0 Å². The van der Waals surface area contributed by atoms with Gasteiger partial charge in [-0.15, -0.1) is 0 Å². The molecule has 0 saturated heterocycles. The highest BCUT2D eigenvalue weighted by Crippen LogP contribution is 2.41. The Bertz CT molecular complexity index is 580. The first-order chi connectivity index (χ1) is 11.2. The fourth-order valence-electron chi connectivity index (χ4n) is 3.02. The summed E-state index contributed by atoms with van der Waals surface area (Å²) in [4.78, 5) is 25.3. The monoisotopic (exact) mass is 320 g/mol. The Hall–Kier alpha value is -2.05. The summed E-state index contributed by atoms with van der Waals surface area (Å²) in [7, 11) is 0. The van der Waals surface area contributed by atoms with Gasteiger partial charge in [0.05, 0.1) is 18.7 Å². The quantitative estimate of drug-likeness (QED) is 0.802. The Balaban J connectivity index is 1.48. The van der Waals surface area contributed by atoms with Crippen molar-refractivity contribution in [2.75, 3.05) is 26.2 Å². The van der Waals surface area contributed by atoms with Crippen molar-refractivity contribution in [1.29, 1.82) is 0 Å². The van der Waals surface area contributed by atoms with Gasteiger partial charge in [-0.1, -0.05) is 0 Å². The van der Waals surface area contributed by atoms with Crippen LogP contribution in [0.1, 0.15) is 49.1 Å². The lowest BCUT2D eigenvalue weighted by molar-refractivity contribution is -0.142. The SMILES string of the molecule is CCOC(=O)CCNC(=O)N1CCc2[nH]nc(C3CC3)c2CC1. The lowest BCUT2D eigenvalue weighted by atomic mass is 10.1. The third kappa shape index (κ3) is 3.83. The predicted molar refractivity (Wildman–Crippen MR) is 84.2 cm³/mol. The van der Waals surface area contributed by atoms with E-state index in [-0.39, 0.29) is 18.4 Å². The average molecular weight is 320 g/mol. The summed E-state index contributed by atoms with van der Waals surface area (Å²) in [5.41, 5.74) is 3.70. The number of rotatable bonds is 5. The summed E-state index contributed by atoms with van der Waals surface area (Å²) in [5, 5.41) is 10.4. The molecule has 3 rings (SSSR count). The second-order valence-electron chi connectivity index (χ2n) is 6.11. The highest BCUT2D eigenvalue weighted by atomic mass is 16.5. The number of aromatic amines is 1. The van der Waals surface area contributed by atoms with Gasteiger partial charge in [0.25, 0.3) is 0 Å². The number of fused-ring (bicyclic) bond motifs is 1. The average Bonchev–Trinajstić information content (AvgIpc) is 3.33. The van der Waals surface area contributed by atoms with Crippen LogP contribution in [0.3, 0.4) is 0 Å². The third-order valence-corrected chi connectivity index (χ3v) is 4.41. The molecular weight excluding hydrogens is 296 g/mol. The molecule has 7 heteroatoms.